The number of hydrogen-bond acceptors (Lipinski definition) is 6. The van der Waals surface area contributed by atoms with Crippen LogP contribution in [0.2, 0.25) is 0 Å². The zero-order valence-corrected chi connectivity index (χ0v) is 11.3. The first-order valence-electron chi connectivity index (χ1n) is 6.36. The molecule has 0 atom stereocenters. The number of carbonyl (C=O) groups excluding carboxylic acids is 2. The van der Waals surface area contributed by atoms with Crippen LogP contribution in [0.1, 0.15) is 0 Å². The van der Waals surface area contributed by atoms with Gasteiger partial charge >= 0.3 is 11.9 Å². The van der Waals surface area contributed by atoms with Crippen molar-refractivity contribution < 1.29 is 14.3 Å². The Morgan fingerprint density at radius 2 is 2.24 bits per heavy atom. The monoisotopic (exact) mass is 287 g/mol. The second-order valence-corrected chi connectivity index (χ2v) is 4.40. The van der Waals surface area contributed by atoms with Crippen LogP contribution in [0.3, 0.4) is 0 Å². The molecule has 108 valence electrons. The van der Waals surface area contributed by atoms with Crippen molar-refractivity contribution >= 4 is 28.6 Å². The van der Waals surface area contributed by atoms with E-state index in [-0.39, 0.29) is 0 Å². The molecule has 8 nitrogen and oxygen atoms in total. The van der Waals surface area contributed by atoms with Crippen LogP contribution in [0.5, 0.6) is 0 Å². The second kappa shape index (κ2) is 5.23. The van der Waals surface area contributed by atoms with Crippen molar-refractivity contribution in [1.29, 1.82) is 0 Å². The van der Waals surface area contributed by atoms with Crippen LogP contribution in [0.15, 0.2) is 29.4 Å². The Hall–Kier alpha value is -2.90. The number of carbonyl (C=O) groups is 2. The predicted molar refractivity (Wildman–Crippen MR) is 73.9 cm³/mol. The van der Waals surface area contributed by atoms with Gasteiger partial charge < -0.3 is 10.1 Å². The maximum atomic E-state index is 11.4. The third-order valence-corrected chi connectivity index (χ3v) is 3.15. The molecule has 1 aliphatic heterocycles. The summed E-state index contributed by atoms with van der Waals surface area (Å²) >= 11 is 0. The molecule has 0 fully saturated rings. The average molecular weight is 287 g/mol. The zero-order valence-electron chi connectivity index (χ0n) is 11.3. The number of hydrogen-bond donors (Lipinski definition) is 2. The highest BCUT2D eigenvalue weighted by molar-refractivity contribution is 6.32. The van der Waals surface area contributed by atoms with Crippen LogP contribution in [-0.2, 0) is 20.9 Å². The number of para-hydroxylation sites is 1. The molecule has 0 spiro atoms. The molecule has 2 aromatic rings. The van der Waals surface area contributed by atoms with Crippen molar-refractivity contribution in [3.63, 3.8) is 0 Å². The van der Waals surface area contributed by atoms with Gasteiger partial charge in [0, 0.05) is 18.5 Å². The van der Waals surface area contributed by atoms with Crippen molar-refractivity contribution in [3.8, 4) is 0 Å². The lowest BCUT2D eigenvalue weighted by Gasteiger charge is -2.07. The molecular formula is C13H13N5O3. The summed E-state index contributed by atoms with van der Waals surface area (Å²) in [5.74, 6) is -1.04. The van der Waals surface area contributed by atoms with Gasteiger partial charge in [0.15, 0.2) is 0 Å². The molecule has 0 aliphatic carbocycles. The van der Waals surface area contributed by atoms with Crippen molar-refractivity contribution in [3.05, 3.63) is 29.9 Å². The van der Waals surface area contributed by atoms with Gasteiger partial charge in [-0.25, -0.2) is 15.2 Å². The Bertz CT molecular complexity index is 796. The van der Waals surface area contributed by atoms with Crippen LogP contribution in [0, 0.1) is 0 Å². The maximum absolute atomic E-state index is 11.4. The summed E-state index contributed by atoms with van der Waals surface area (Å²) in [4.78, 5) is 26.8. The number of benzene rings is 1. The van der Waals surface area contributed by atoms with E-state index in [1.165, 1.54) is 0 Å². The fraction of sp³-hybridized carbons (Fsp3) is 0.231. The fourth-order valence-electron chi connectivity index (χ4n) is 2.20. The zero-order chi connectivity index (χ0) is 14.8. The van der Waals surface area contributed by atoms with E-state index in [4.69, 9.17) is 0 Å². The number of rotatable bonds is 1. The first kappa shape index (κ1) is 13.1. The maximum Gasteiger partial charge on any atom is 0.398 e. The summed E-state index contributed by atoms with van der Waals surface area (Å²) in [5.41, 5.74) is 3.22. The first-order chi connectivity index (χ1) is 10.2. The van der Waals surface area contributed by atoms with E-state index in [1.54, 1.807) is 0 Å². The number of fused-ring (bicyclic) bond motifs is 3. The number of nitrogens with zero attached hydrogens (tertiary/aromatic N) is 3. The molecule has 1 aromatic carbocycles. The molecule has 1 amide bonds. The summed E-state index contributed by atoms with van der Waals surface area (Å²) in [7, 11) is 1.13. The number of aromatic nitrogens is 2. The largest absolute Gasteiger partial charge is 0.462 e. The van der Waals surface area contributed by atoms with Crippen LogP contribution >= 0.6 is 0 Å². The predicted octanol–water partition coefficient (Wildman–Crippen LogP) is -0.433. The third-order valence-electron chi connectivity index (χ3n) is 3.15. The molecule has 21 heavy (non-hydrogen) atoms. The van der Waals surface area contributed by atoms with Gasteiger partial charge in [0.2, 0.25) is 5.62 Å². The molecular weight excluding hydrogens is 274 g/mol. The Labute approximate surface area is 119 Å². The van der Waals surface area contributed by atoms with Crippen molar-refractivity contribution in [1.82, 2.24) is 15.0 Å². The van der Waals surface area contributed by atoms with E-state index in [0.29, 0.717) is 12.2 Å². The van der Waals surface area contributed by atoms with E-state index < -0.39 is 11.9 Å². The van der Waals surface area contributed by atoms with Gasteiger partial charge in [-0.05, 0) is 12.1 Å². The molecule has 0 saturated heterocycles. The molecule has 0 unspecified atom stereocenters. The van der Waals surface area contributed by atoms with Crippen LogP contribution in [0.25, 0.3) is 10.9 Å². The van der Waals surface area contributed by atoms with E-state index in [1.807, 2.05) is 28.8 Å². The molecule has 2 N–H and O–H groups in total. The van der Waals surface area contributed by atoms with Crippen LogP contribution < -0.4 is 16.4 Å². The highest BCUT2D eigenvalue weighted by atomic mass is 16.5. The number of esters is 1. The van der Waals surface area contributed by atoms with Crippen molar-refractivity contribution in [2.75, 3.05) is 19.0 Å². The lowest BCUT2D eigenvalue weighted by Crippen LogP contribution is -2.33. The standard InChI is InChI=1S/C13H13N5O3/c1-21-12(20)11(19)16-17-13-15-9-5-3-2-4-8(9)10-14-6-7-18(10)13/h2-5,14H,6-7H2,1H3,(H,16,19)/b17-13+. The smallest absolute Gasteiger partial charge is 0.398 e. The number of ether oxygens (including phenoxy) is 1. The second-order valence-electron chi connectivity index (χ2n) is 4.40. The summed E-state index contributed by atoms with van der Waals surface area (Å²) in [6.07, 6.45) is 0. The minimum atomic E-state index is -1.00. The van der Waals surface area contributed by atoms with Crippen LogP contribution in [0.4, 0.5) is 5.82 Å². The number of nitrogens with one attached hydrogen (secondary N) is 2. The van der Waals surface area contributed by atoms with E-state index >= 15 is 0 Å². The topological polar surface area (TPSA) is 97.6 Å². The molecule has 0 radical (unpaired) electrons. The van der Waals surface area contributed by atoms with Crippen molar-refractivity contribution in [2.45, 2.75) is 6.54 Å². The van der Waals surface area contributed by atoms with E-state index in [0.717, 1.165) is 30.4 Å². The Morgan fingerprint density at radius 1 is 1.43 bits per heavy atom. The molecule has 2 heterocycles. The third kappa shape index (κ3) is 2.31. The van der Waals surface area contributed by atoms with Gasteiger partial charge in [0.1, 0.15) is 5.82 Å². The normalized spacial score (nSPS) is 13.7. The summed E-state index contributed by atoms with van der Waals surface area (Å²) in [5, 5.41) is 8.15. The SMILES string of the molecule is COC(=O)C(=O)N/N=c1\nc2ccccc2c2n1CCN2. The van der Waals surface area contributed by atoms with Gasteiger partial charge in [-0.3, -0.25) is 9.36 Å². The summed E-state index contributed by atoms with van der Waals surface area (Å²) < 4.78 is 6.16. The quantitative estimate of drug-likeness (QED) is 0.421. The lowest BCUT2D eigenvalue weighted by atomic mass is 10.2. The lowest BCUT2D eigenvalue weighted by molar-refractivity contribution is -0.152. The van der Waals surface area contributed by atoms with Crippen LogP contribution in [-0.4, -0.2) is 35.1 Å². The van der Waals surface area contributed by atoms with Crippen molar-refractivity contribution in [2.24, 2.45) is 5.10 Å². The average Bonchev–Trinajstić information content (AvgIpc) is 3.01. The molecule has 1 aromatic heterocycles. The number of methoxy groups -OCH3 is 1. The van der Waals surface area contributed by atoms with Gasteiger partial charge in [-0.1, -0.05) is 12.1 Å². The molecule has 0 saturated carbocycles. The van der Waals surface area contributed by atoms with Gasteiger partial charge in [0.25, 0.3) is 0 Å². The summed E-state index contributed by atoms with van der Waals surface area (Å²) in [6, 6.07) is 7.62. The minimum absolute atomic E-state index is 0.325. The first-order valence-corrected chi connectivity index (χ1v) is 6.36. The number of amides is 1. The molecule has 0 bridgehead atoms. The highest BCUT2D eigenvalue weighted by Gasteiger charge is 2.16. The fourth-order valence-corrected chi connectivity index (χ4v) is 2.20. The Balaban J connectivity index is 2.07. The van der Waals surface area contributed by atoms with Gasteiger partial charge in [0.05, 0.1) is 12.6 Å². The molecule has 1 aliphatic rings. The minimum Gasteiger partial charge on any atom is -0.462 e. The number of anilines is 1. The Morgan fingerprint density at radius 3 is 3.05 bits per heavy atom. The molecule has 3 rings (SSSR count). The summed E-state index contributed by atoms with van der Waals surface area (Å²) in [6.45, 7) is 1.43. The van der Waals surface area contributed by atoms with E-state index in [2.05, 4.69) is 25.6 Å². The van der Waals surface area contributed by atoms with Gasteiger partial charge in [-0.15, -0.1) is 5.10 Å². The molecule has 8 heteroatoms. The van der Waals surface area contributed by atoms with E-state index in [9.17, 15) is 9.59 Å². The highest BCUT2D eigenvalue weighted by Crippen LogP contribution is 2.22. The van der Waals surface area contributed by atoms with Gasteiger partial charge in [-0.2, -0.15) is 0 Å². The Kier molecular flexibility index (Phi) is 3.27.